The van der Waals surface area contributed by atoms with E-state index in [4.69, 9.17) is 0 Å². The molecule has 1 aromatic carbocycles. The van der Waals surface area contributed by atoms with Crippen molar-refractivity contribution in [2.75, 3.05) is 25.0 Å². The first-order valence-electron chi connectivity index (χ1n) is 6.86. The largest absolute Gasteiger partial charge is 0.385 e. The van der Waals surface area contributed by atoms with E-state index in [0.717, 1.165) is 24.0 Å². The number of aromatic nitrogens is 1. The zero-order chi connectivity index (χ0) is 12.9. The zero-order valence-electron chi connectivity index (χ0n) is 11.3. The Morgan fingerprint density at radius 2 is 2.35 bits per heavy atom. The number of rotatable bonds is 4. The fourth-order valence-corrected chi connectivity index (χ4v) is 3.12. The second kappa shape index (κ2) is 7.62. The number of hydrogen-bond acceptors (Lipinski definition) is 4. The van der Waals surface area contributed by atoms with Gasteiger partial charge in [-0.3, -0.25) is 0 Å². The van der Waals surface area contributed by atoms with Crippen LogP contribution in [0.3, 0.4) is 0 Å². The minimum Gasteiger partial charge on any atom is -0.385 e. The van der Waals surface area contributed by atoms with Crippen LogP contribution in [-0.2, 0) is 0 Å². The van der Waals surface area contributed by atoms with E-state index in [0.29, 0.717) is 0 Å². The van der Waals surface area contributed by atoms with Crippen LogP contribution in [0, 0.1) is 5.92 Å². The molecule has 0 radical (unpaired) electrons. The van der Waals surface area contributed by atoms with E-state index >= 15 is 0 Å². The van der Waals surface area contributed by atoms with E-state index in [1.165, 1.54) is 30.6 Å². The fourth-order valence-electron chi connectivity index (χ4n) is 2.49. The Morgan fingerprint density at radius 3 is 3.10 bits per heavy atom. The van der Waals surface area contributed by atoms with Crippen molar-refractivity contribution in [2.45, 2.75) is 12.8 Å². The van der Waals surface area contributed by atoms with Gasteiger partial charge in [0.25, 0.3) is 0 Å². The van der Waals surface area contributed by atoms with E-state index in [2.05, 4.69) is 39.9 Å². The van der Waals surface area contributed by atoms with E-state index in [-0.39, 0.29) is 12.4 Å². The van der Waals surface area contributed by atoms with Crippen molar-refractivity contribution < 1.29 is 0 Å². The Bertz CT molecular complexity index is 510. The molecule has 1 unspecified atom stereocenters. The van der Waals surface area contributed by atoms with Crippen molar-refractivity contribution in [3.8, 4) is 10.6 Å². The van der Waals surface area contributed by atoms with Crippen LogP contribution in [0.1, 0.15) is 12.8 Å². The van der Waals surface area contributed by atoms with Crippen molar-refractivity contribution in [2.24, 2.45) is 5.92 Å². The summed E-state index contributed by atoms with van der Waals surface area (Å²) >= 11 is 1.68. The molecule has 1 fully saturated rings. The molecule has 20 heavy (non-hydrogen) atoms. The Kier molecular flexibility index (Phi) is 5.83. The molecule has 108 valence electrons. The molecule has 2 aromatic rings. The molecule has 1 aliphatic heterocycles. The normalized spacial score (nSPS) is 18.3. The quantitative estimate of drug-likeness (QED) is 0.905. The molecular weight excluding hydrogens is 290 g/mol. The van der Waals surface area contributed by atoms with Gasteiger partial charge in [-0.1, -0.05) is 12.1 Å². The Labute approximate surface area is 130 Å². The maximum atomic E-state index is 4.36. The number of piperidine rings is 1. The first-order valence-corrected chi connectivity index (χ1v) is 7.74. The second-order valence-corrected chi connectivity index (χ2v) is 5.91. The van der Waals surface area contributed by atoms with Gasteiger partial charge in [-0.25, -0.2) is 4.98 Å². The summed E-state index contributed by atoms with van der Waals surface area (Å²) in [5, 5.41) is 10.1. The molecule has 3 rings (SSSR count). The molecule has 2 heterocycles. The molecule has 0 bridgehead atoms. The van der Waals surface area contributed by atoms with Crippen LogP contribution in [0.25, 0.3) is 10.6 Å². The molecule has 0 spiro atoms. The van der Waals surface area contributed by atoms with Crippen molar-refractivity contribution in [3.63, 3.8) is 0 Å². The SMILES string of the molecule is Cl.c1cc(NCC2CCCNC2)cc(-c2nccs2)c1. The lowest BCUT2D eigenvalue weighted by atomic mass is 9.99. The summed E-state index contributed by atoms with van der Waals surface area (Å²) in [6.07, 6.45) is 4.48. The molecule has 0 saturated carbocycles. The van der Waals surface area contributed by atoms with Crippen molar-refractivity contribution in [3.05, 3.63) is 35.8 Å². The summed E-state index contributed by atoms with van der Waals surface area (Å²) in [5.74, 6) is 0.747. The van der Waals surface area contributed by atoms with Gasteiger partial charge in [0.1, 0.15) is 5.01 Å². The summed E-state index contributed by atoms with van der Waals surface area (Å²) in [4.78, 5) is 4.36. The molecule has 0 aliphatic carbocycles. The second-order valence-electron chi connectivity index (χ2n) is 5.01. The van der Waals surface area contributed by atoms with Crippen LogP contribution < -0.4 is 10.6 Å². The predicted molar refractivity (Wildman–Crippen MR) is 88.9 cm³/mol. The minimum atomic E-state index is 0. The van der Waals surface area contributed by atoms with Crippen LogP contribution in [0.4, 0.5) is 5.69 Å². The monoisotopic (exact) mass is 309 g/mol. The van der Waals surface area contributed by atoms with Gasteiger partial charge >= 0.3 is 0 Å². The van der Waals surface area contributed by atoms with Gasteiger partial charge in [-0.05, 0) is 44.0 Å². The highest BCUT2D eigenvalue weighted by Gasteiger charge is 2.12. The summed E-state index contributed by atoms with van der Waals surface area (Å²) in [6.45, 7) is 3.36. The number of nitrogens with one attached hydrogen (secondary N) is 2. The third kappa shape index (κ3) is 3.95. The number of anilines is 1. The number of hydrogen-bond donors (Lipinski definition) is 2. The minimum absolute atomic E-state index is 0. The topological polar surface area (TPSA) is 37.0 Å². The molecule has 1 saturated heterocycles. The number of nitrogens with zero attached hydrogens (tertiary/aromatic N) is 1. The summed E-state index contributed by atoms with van der Waals surface area (Å²) < 4.78 is 0. The summed E-state index contributed by atoms with van der Waals surface area (Å²) in [7, 11) is 0. The smallest absolute Gasteiger partial charge is 0.123 e. The lowest BCUT2D eigenvalue weighted by Gasteiger charge is -2.23. The number of benzene rings is 1. The molecule has 5 heteroatoms. The first kappa shape index (κ1) is 15.3. The van der Waals surface area contributed by atoms with E-state index < -0.39 is 0 Å². The third-order valence-corrected chi connectivity index (χ3v) is 4.36. The standard InChI is InChI=1S/C15H19N3S.ClH/c1-4-13(15-17-7-8-19-15)9-14(5-1)18-11-12-3-2-6-16-10-12;/h1,4-5,7-9,12,16,18H,2-3,6,10-11H2;1H. The number of thiazole rings is 1. The predicted octanol–water partition coefficient (Wildman–Crippen LogP) is 3.64. The Morgan fingerprint density at radius 1 is 1.40 bits per heavy atom. The molecule has 2 N–H and O–H groups in total. The van der Waals surface area contributed by atoms with Crippen LogP contribution in [-0.4, -0.2) is 24.6 Å². The fraction of sp³-hybridized carbons (Fsp3) is 0.400. The lowest BCUT2D eigenvalue weighted by Crippen LogP contribution is -2.33. The highest BCUT2D eigenvalue weighted by Crippen LogP contribution is 2.24. The average molecular weight is 310 g/mol. The number of halogens is 1. The summed E-state index contributed by atoms with van der Waals surface area (Å²) in [5.41, 5.74) is 2.39. The van der Waals surface area contributed by atoms with E-state index in [1.807, 2.05) is 11.6 Å². The summed E-state index contributed by atoms with van der Waals surface area (Å²) in [6, 6.07) is 8.53. The van der Waals surface area contributed by atoms with E-state index in [9.17, 15) is 0 Å². The molecule has 3 nitrogen and oxygen atoms in total. The highest BCUT2D eigenvalue weighted by molar-refractivity contribution is 7.13. The van der Waals surface area contributed by atoms with Gasteiger partial charge in [0.05, 0.1) is 0 Å². The van der Waals surface area contributed by atoms with Gasteiger partial charge in [0, 0.05) is 29.4 Å². The highest BCUT2D eigenvalue weighted by atomic mass is 35.5. The third-order valence-electron chi connectivity index (χ3n) is 3.54. The lowest BCUT2D eigenvalue weighted by molar-refractivity contribution is 0.393. The molecular formula is C15H20ClN3S. The van der Waals surface area contributed by atoms with Gasteiger partial charge in [0.2, 0.25) is 0 Å². The average Bonchev–Trinajstić information content (AvgIpc) is 3.01. The van der Waals surface area contributed by atoms with Crippen molar-refractivity contribution >= 4 is 29.4 Å². The van der Waals surface area contributed by atoms with Crippen LogP contribution in [0.2, 0.25) is 0 Å². The zero-order valence-corrected chi connectivity index (χ0v) is 13.0. The van der Waals surface area contributed by atoms with Crippen molar-refractivity contribution in [1.29, 1.82) is 0 Å². The Balaban J connectivity index is 0.00000147. The molecule has 0 amide bonds. The first-order chi connectivity index (χ1) is 9.42. The maximum Gasteiger partial charge on any atom is 0.123 e. The van der Waals surface area contributed by atoms with Crippen LogP contribution in [0.5, 0.6) is 0 Å². The maximum absolute atomic E-state index is 4.36. The van der Waals surface area contributed by atoms with E-state index in [1.54, 1.807) is 11.3 Å². The van der Waals surface area contributed by atoms with Gasteiger partial charge in [0.15, 0.2) is 0 Å². The van der Waals surface area contributed by atoms with Crippen molar-refractivity contribution in [1.82, 2.24) is 10.3 Å². The molecule has 1 atom stereocenters. The van der Waals surface area contributed by atoms with Crippen LogP contribution in [0.15, 0.2) is 35.8 Å². The van der Waals surface area contributed by atoms with Gasteiger partial charge in [-0.15, -0.1) is 23.7 Å². The Hall–Kier alpha value is -1.10. The molecule has 1 aromatic heterocycles. The van der Waals surface area contributed by atoms with Gasteiger partial charge < -0.3 is 10.6 Å². The van der Waals surface area contributed by atoms with Gasteiger partial charge in [-0.2, -0.15) is 0 Å². The van der Waals surface area contributed by atoms with Crippen LogP contribution >= 0.6 is 23.7 Å². The molecule has 1 aliphatic rings.